The second-order valence-electron chi connectivity index (χ2n) is 4.80. The molecule has 2 unspecified atom stereocenters. The van der Waals surface area contributed by atoms with Crippen molar-refractivity contribution in [3.05, 3.63) is 11.7 Å². The lowest BCUT2D eigenvalue weighted by Gasteiger charge is -2.16. The maximum absolute atomic E-state index is 5.44. The number of thioether (sulfide) groups is 1. The lowest BCUT2D eigenvalue weighted by atomic mass is 10.0. The van der Waals surface area contributed by atoms with Crippen molar-refractivity contribution in [2.24, 2.45) is 0 Å². The smallest absolute Gasteiger partial charge is 0.231 e. The monoisotopic (exact) mass is 269 g/mol. The Balaban J connectivity index is 1.92. The van der Waals surface area contributed by atoms with Crippen LogP contribution in [0.15, 0.2) is 4.52 Å². The third-order valence-electron chi connectivity index (χ3n) is 3.36. The van der Waals surface area contributed by atoms with Gasteiger partial charge in [-0.25, -0.2) is 0 Å². The van der Waals surface area contributed by atoms with Crippen LogP contribution in [-0.2, 0) is 5.75 Å². The van der Waals surface area contributed by atoms with Crippen molar-refractivity contribution in [3.8, 4) is 0 Å². The minimum absolute atomic E-state index is 0.419. The molecule has 1 aromatic heterocycles. The van der Waals surface area contributed by atoms with Crippen molar-refractivity contribution in [1.82, 2.24) is 15.5 Å². The highest BCUT2D eigenvalue weighted by Crippen LogP contribution is 2.33. The molecule has 1 fully saturated rings. The highest BCUT2D eigenvalue weighted by Gasteiger charge is 2.32. The molecule has 0 radical (unpaired) electrons. The van der Waals surface area contributed by atoms with Gasteiger partial charge in [0.25, 0.3) is 0 Å². The van der Waals surface area contributed by atoms with Gasteiger partial charge in [0, 0.05) is 6.04 Å². The quantitative estimate of drug-likeness (QED) is 0.771. The average Bonchev–Trinajstić information content (AvgIpc) is 2.98. The molecular formula is C13H23N3OS. The number of rotatable bonds is 7. The third-order valence-corrected chi connectivity index (χ3v) is 4.52. The maximum atomic E-state index is 5.44. The fourth-order valence-electron chi connectivity index (χ4n) is 2.55. The van der Waals surface area contributed by atoms with E-state index in [1.807, 2.05) is 11.8 Å². The van der Waals surface area contributed by atoms with E-state index in [1.165, 1.54) is 25.7 Å². The van der Waals surface area contributed by atoms with Crippen LogP contribution in [0.1, 0.15) is 57.2 Å². The number of aromatic nitrogens is 2. The van der Waals surface area contributed by atoms with Gasteiger partial charge in [0.05, 0.1) is 11.7 Å². The topological polar surface area (TPSA) is 51.0 Å². The predicted octanol–water partition coefficient (Wildman–Crippen LogP) is 2.96. The van der Waals surface area contributed by atoms with Gasteiger partial charge >= 0.3 is 0 Å². The predicted molar refractivity (Wildman–Crippen MR) is 74.8 cm³/mol. The van der Waals surface area contributed by atoms with Crippen LogP contribution in [0.4, 0.5) is 0 Å². The minimum Gasteiger partial charge on any atom is -0.339 e. The first-order chi connectivity index (χ1) is 8.85. The van der Waals surface area contributed by atoms with E-state index in [-0.39, 0.29) is 0 Å². The number of nitrogens with zero attached hydrogens (tertiary/aromatic N) is 2. The number of nitrogens with one attached hydrogen (secondary N) is 1. The summed E-state index contributed by atoms with van der Waals surface area (Å²) < 4.78 is 5.44. The fraction of sp³-hybridized carbons (Fsp3) is 0.846. The number of hydrogen-bond donors (Lipinski definition) is 1. The molecule has 1 aromatic rings. The van der Waals surface area contributed by atoms with Gasteiger partial charge in [-0.05, 0) is 31.6 Å². The zero-order valence-corrected chi connectivity index (χ0v) is 12.1. The Morgan fingerprint density at radius 1 is 1.39 bits per heavy atom. The molecule has 102 valence electrons. The van der Waals surface area contributed by atoms with E-state index in [1.54, 1.807) is 0 Å². The van der Waals surface area contributed by atoms with Gasteiger partial charge in [-0.3, -0.25) is 0 Å². The van der Waals surface area contributed by atoms with Gasteiger partial charge in [-0.15, -0.1) is 0 Å². The molecule has 2 rings (SSSR count). The molecule has 1 N–H and O–H groups in total. The molecule has 1 aliphatic carbocycles. The Kier molecular flexibility index (Phi) is 5.50. The van der Waals surface area contributed by atoms with E-state index in [4.69, 9.17) is 4.52 Å². The van der Waals surface area contributed by atoms with E-state index in [2.05, 4.69) is 29.3 Å². The third kappa shape index (κ3) is 3.48. The van der Waals surface area contributed by atoms with E-state index in [9.17, 15) is 0 Å². The fourth-order valence-corrected chi connectivity index (χ4v) is 3.28. The summed E-state index contributed by atoms with van der Waals surface area (Å²) in [4.78, 5) is 4.56. The molecule has 0 saturated heterocycles. The van der Waals surface area contributed by atoms with Crippen LogP contribution >= 0.6 is 11.8 Å². The van der Waals surface area contributed by atoms with Crippen molar-refractivity contribution in [1.29, 1.82) is 0 Å². The minimum atomic E-state index is 0.419. The summed E-state index contributed by atoms with van der Waals surface area (Å²) in [5.74, 6) is 4.14. The lowest BCUT2D eigenvalue weighted by molar-refractivity contribution is 0.329. The number of hydrogen-bond acceptors (Lipinski definition) is 5. The summed E-state index contributed by atoms with van der Waals surface area (Å²) in [6.45, 7) is 5.35. The van der Waals surface area contributed by atoms with Crippen molar-refractivity contribution in [2.75, 3.05) is 12.3 Å². The van der Waals surface area contributed by atoms with Crippen LogP contribution in [0.25, 0.3) is 0 Å². The summed E-state index contributed by atoms with van der Waals surface area (Å²) in [5.41, 5.74) is 0. The molecule has 2 atom stereocenters. The van der Waals surface area contributed by atoms with Gasteiger partial charge in [0.2, 0.25) is 5.89 Å². The Morgan fingerprint density at radius 2 is 2.28 bits per heavy atom. The number of likely N-dealkylation sites (N-methyl/N-ethyl adjacent to an activating group) is 1. The van der Waals surface area contributed by atoms with Gasteiger partial charge in [-0.1, -0.05) is 25.4 Å². The second kappa shape index (κ2) is 7.14. The second-order valence-corrected chi connectivity index (χ2v) is 5.91. The highest BCUT2D eigenvalue weighted by atomic mass is 32.2. The Hall–Kier alpha value is -0.550. The molecule has 1 heterocycles. The van der Waals surface area contributed by atoms with Crippen molar-refractivity contribution < 1.29 is 4.52 Å². The SMILES string of the molecule is CCCSCc1noc(C2CCCC2NCC)n1. The van der Waals surface area contributed by atoms with Crippen LogP contribution < -0.4 is 5.32 Å². The molecule has 0 aromatic carbocycles. The molecule has 0 amide bonds. The van der Waals surface area contributed by atoms with E-state index in [0.717, 1.165) is 29.8 Å². The molecule has 4 nitrogen and oxygen atoms in total. The molecule has 0 spiro atoms. The maximum Gasteiger partial charge on any atom is 0.231 e. The zero-order chi connectivity index (χ0) is 12.8. The first-order valence-electron chi connectivity index (χ1n) is 6.98. The van der Waals surface area contributed by atoms with Crippen LogP contribution in [0.3, 0.4) is 0 Å². The summed E-state index contributed by atoms with van der Waals surface area (Å²) in [7, 11) is 0. The molecule has 5 heteroatoms. The molecule has 0 bridgehead atoms. The van der Waals surface area contributed by atoms with Gasteiger partial charge in [0.15, 0.2) is 5.82 Å². The average molecular weight is 269 g/mol. The van der Waals surface area contributed by atoms with E-state index >= 15 is 0 Å². The Bertz CT molecular complexity index is 356. The van der Waals surface area contributed by atoms with Crippen LogP contribution in [-0.4, -0.2) is 28.5 Å². The van der Waals surface area contributed by atoms with Gasteiger partial charge in [-0.2, -0.15) is 16.7 Å². The molecule has 1 saturated carbocycles. The molecule has 18 heavy (non-hydrogen) atoms. The van der Waals surface area contributed by atoms with Crippen LogP contribution in [0.2, 0.25) is 0 Å². The van der Waals surface area contributed by atoms with Crippen LogP contribution in [0, 0.1) is 0 Å². The van der Waals surface area contributed by atoms with E-state index in [0.29, 0.717) is 12.0 Å². The van der Waals surface area contributed by atoms with Crippen molar-refractivity contribution in [2.45, 2.75) is 57.2 Å². The van der Waals surface area contributed by atoms with Crippen molar-refractivity contribution >= 4 is 11.8 Å². The first-order valence-corrected chi connectivity index (χ1v) is 8.14. The zero-order valence-electron chi connectivity index (χ0n) is 11.3. The lowest BCUT2D eigenvalue weighted by Crippen LogP contribution is -2.31. The van der Waals surface area contributed by atoms with Crippen molar-refractivity contribution in [3.63, 3.8) is 0 Å². The van der Waals surface area contributed by atoms with E-state index < -0.39 is 0 Å². The largest absolute Gasteiger partial charge is 0.339 e. The first kappa shape index (κ1) is 13.9. The Morgan fingerprint density at radius 3 is 3.06 bits per heavy atom. The summed E-state index contributed by atoms with van der Waals surface area (Å²) in [6, 6.07) is 0.520. The summed E-state index contributed by atoms with van der Waals surface area (Å²) in [5, 5.41) is 7.61. The molecular weight excluding hydrogens is 246 g/mol. The standard InChI is InChI=1S/C13H23N3OS/c1-3-8-18-9-12-15-13(17-16-12)10-6-5-7-11(10)14-4-2/h10-11,14H,3-9H2,1-2H3. The highest BCUT2D eigenvalue weighted by molar-refractivity contribution is 7.98. The molecule has 0 aliphatic heterocycles. The Labute approximate surface area is 113 Å². The van der Waals surface area contributed by atoms with Gasteiger partial charge in [0.1, 0.15) is 0 Å². The normalized spacial score (nSPS) is 23.7. The summed E-state index contributed by atoms with van der Waals surface area (Å²) >= 11 is 1.87. The summed E-state index contributed by atoms with van der Waals surface area (Å²) in [6.07, 6.45) is 4.84. The van der Waals surface area contributed by atoms with Crippen LogP contribution in [0.5, 0.6) is 0 Å². The van der Waals surface area contributed by atoms with Gasteiger partial charge < -0.3 is 9.84 Å². The molecule has 1 aliphatic rings.